The van der Waals surface area contributed by atoms with Crippen LogP contribution in [0.4, 0.5) is 0 Å². The number of aryl methyl sites for hydroxylation is 1. The molecule has 0 saturated carbocycles. The van der Waals surface area contributed by atoms with Crippen molar-refractivity contribution in [1.29, 1.82) is 0 Å². The van der Waals surface area contributed by atoms with E-state index in [0.29, 0.717) is 17.0 Å². The molecule has 1 heterocycles. The Labute approximate surface area is 167 Å². The highest BCUT2D eigenvalue weighted by Gasteiger charge is 2.13. The number of ketones is 2. The van der Waals surface area contributed by atoms with Gasteiger partial charge < -0.3 is 10.1 Å². The summed E-state index contributed by atoms with van der Waals surface area (Å²) in [7, 11) is 0. The van der Waals surface area contributed by atoms with Gasteiger partial charge in [0.25, 0.3) is 0 Å². The van der Waals surface area contributed by atoms with E-state index in [-0.39, 0.29) is 36.9 Å². The number of rotatable bonds is 11. The van der Waals surface area contributed by atoms with Crippen LogP contribution in [0.3, 0.4) is 0 Å². The number of carbonyl (C=O) groups is 4. The predicted octanol–water partition coefficient (Wildman–Crippen LogP) is 3.21. The normalized spacial score (nSPS) is 10.3. The molecule has 1 aromatic carbocycles. The minimum atomic E-state index is -0.562. The van der Waals surface area contributed by atoms with Crippen LogP contribution in [0, 0.1) is 0 Å². The first-order chi connectivity index (χ1) is 13.5. The molecule has 1 aromatic heterocycles. The first-order valence-electron chi connectivity index (χ1n) is 9.04. The lowest BCUT2D eigenvalue weighted by molar-refractivity contribution is -0.142. The average Bonchev–Trinajstić information content (AvgIpc) is 3.23. The molecule has 0 aliphatic heterocycles. The van der Waals surface area contributed by atoms with E-state index in [9.17, 15) is 19.2 Å². The lowest BCUT2D eigenvalue weighted by atomic mass is 10.1. The van der Waals surface area contributed by atoms with Crippen molar-refractivity contribution in [3.05, 3.63) is 57.8 Å². The summed E-state index contributed by atoms with van der Waals surface area (Å²) in [5, 5.41) is 4.54. The SMILES string of the molecule is CC(=O)NCCCc1ccc(C(=O)COC(=O)CCC(=O)c2cccs2)cc1. The summed E-state index contributed by atoms with van der Waals surface area (Å²) in [5.74, 6) is -1.01. The van der Waals surface area contributed by atoms with Crippen molar-refractivity contribution in [2.45, 2.75) is 32.6 Å². The Hall–Kier alpha value is -2.80. The highest BCUT2D eigenvalue weighted by Crippen LogP contribution is 2.13. The third-order valence-corrected chi connectivity index (χ3v) is 4.92. The molecule has 0 spiro atoms. The molecule has 0 aliphatic carbocycles. The fraction of sp³-hybridized carbons (Fsp3) is 0.333. The highest BCUT2D eigenvalue weighted by atomic mass is 32.1. The molecule has 7 heteroatoms. The maximum absolute atomic E-state index is 12.1. The molecule has 0 atom stereocenters. The van der Waals surface area contributed by atoms with Crippen molar-refractivity contribution in [3.8, 4) is 0 Å². The molecule has 1 N–H and O–H groups in total. The number of hydrogen-bond acceptors (Lipinski definition) is 6. The van der Waals surface area contributed by atoms with E-state index >= 15 is 0 Å². The Morgan fingerprint density at radius 2 is 1.75 bits per heavy atom. The summed E-state index contributed by atoms with van der Waals surface area (Å²) in [6.07, 6.45) is 1.63. The number of nitrogens with one attached hydrogen (secondary N) is 1. The van der Waals surface area contributed by atoms with Gasteiger partial charge in [-0.1, -0.05) is 30.3 Å². The Kier molecular flexibility index (Phi) is 8.55. The van der Waals surface area contributed by atoms with Crippen LogP contribution in [-0.2, 0) is 20.7 Å². The van der Waals surface area contributed by atoms with Crippen LogP contribution >= 0.6 is 11.3 Å². The number of carbonyl (C=O) groups excluding carboxylic acids is 4. The highest BCUT2D eigenvalue weighted by molar-refractivity contribution is 7.12. The molecule has 0 unspecified atom stereocenters. The van der Waals surface area contributed by atoms with Gasteiger partial charge in [0.05, 0.1) is 11.3 Å². The number of amides is 1. The summed E-state index contributed by atoms with van der Waals surface area (Å²) in [5.41, 5.74) is 1.53. The minimum absolute atomic E-state index is 0.0444. The predicted molar refractivity (Wildman–Crippen MR) is 107 cm³/mol. The molecule has 0 fully saturated rings. The van der Waals surface area contributed by atoms with Crippen LogP contribution < -0.4 is 5.32 Å². The lowest BCUT2D eigenvalue weighted by Crippen LogP contribution is -2.21. The van der Waals surface area contributed by atoms with Crippen molar-refractivity contribution in [3.63, 3.8) is 0 Å². The van der Waals surface area contributed by atoms with Crippen LogP contribution in [0.15, 0.2) is 41.8 Å². The number of esters is 1. The Bertz CT molecular complexity index is 812. The molecule has 0 saturated heterocycles. The molecule has 1 amide bonds. The molecule has 0 radical (unpaired) electrons. The monoisotopic (exact) mass is 401 g/mol. The Morgan fingerprint density at radius 1 is 1.00 bits per heavy atom. The van der Waals surface area contributed by atoms with Gasteiger partial charge in [0.2, 0.25) is 5.91 Å². The zero-order valence-corrected chi connectivity index (χ0v) is 16.6. The van der Waals surface area contributed by atoms with E-state index in [1.165, 1.54) is 18.3 Å². The third-order valence-electron chi connectivity index (χ3n) is 4.01. The second-order valence-corrected chi connectivity index (χ2v) is 7.22. The van der Waals surface area contributed by atoms with Crippen LogP contribution in [0.1, 0.15) is 51.8 Å². The third kappa shape index (κ3) is 7.44. The summed E-state index contributed by atoms with van der Waals surface area (Å²) in [6, 6.07) is 10.6. The molecule has 0 aliphatic rings. The van der Waals surface area contributed by atoms with Gasteiger partial charge in [-0.2, -0.15) is 0 Å². The van der Waals surface area contributed by atoms with Crippen LogP contribution in [0.2, 0.25) is 0 Å². The largest absolute Gasteiger partial charge is 0.457 e. The first-order valence-corrected chi connectivity index (χ1v) is 9.92. The molecule has 2 rings (SSSR count). The van der Waals surface area contributed by atoms with E-state index in [1.807, 2.05) is 12.1 Å². The van der Waals surface area contributed by atoms with E-state index in [4.69, 9.17) is 4.74 Å². The Balaban J connectivity index is 1.69. The standard InChI is InChI=1S/C21H23NO5S/c1-15(23)22-12-2-4-16-6-8-17(9-7-16)19(25)14-27-21(26)11-10-18(24)20-5-3-13-28-20/h3,5-9,13H,2,4,10-12,14H2,1H3,(H,22,23). The van der Waals surface area contributed by atoms with Crippen molar-refractivity contribution < 1.29 is 23.9 Å². The van der Waals surface area contributed by atoms with Crippen molar-refractivity contribution in [2.24, 2.45) is 0 Å². The van der Waals surface area contributed by atoms with Crippen LogP contribution in [-0.4, -0.2) is 36.6 Å². The van der Waals surface area contributed by atoms with E-state index in [0.717, 1.165) is 18.4 Å². The maximum atomic E-state index is 12.1. The first kappa shape index (κ1) is 21.5. The number of Topliss-reactive ketones (excluding diaryl/α,β-unsaturated/α-hetero) is 2. The van der Waals surface area contributed by atoms with Gasteiger partial charge in [0, 0.05) is 25.5 Å². The maximum Gasteiger partial charge on any atom is 0.306 e. The van der Waals surface area contributed by atoms with Crippen molar-refractivity contribution in [1.82, 2.24) is 5.32 Å². The fourth-order valence-corrected chi connectivity index (χ4v) is 3.19. The molecule has 0 bridgehead atoms. The summed E-state index contributed by atoms with van der Waals surface area (Å²) in [4.78, 5) is 47.1. The molecule has 28 heavy (non-hydrogen) atoms. The van der Waals surface area contributed by atoms with Gasteiger partial charge in [-0.25, -0.2) is 0 Å². The van der Waals surface area contributed by atoms with Crippen molar-refractivity contribution >= 4 is 34.8 Å². The van der Waals surface area contributed by atoms with E-state index in [1.54, 1.807) is 29.6 Å². The second-order valence-electron chi connectivity index (χ2n) is 6.27. The number of hydrogen-bond donors (Lipinski definition) is 1. The molecule has 148 valence electrons. The minimum Gasteiger partial charge on any atom is -0.457 e. The molecular weight excluding hydrogens is 378 g/mol. The van der Waals surface area contributed by atoms with Crippen LogP contribution in [0.5, 0.6) is 0 Å². The molecule has 6 nitrogen and oxygen atoms in total. The number of thiophene rings is 1. The molecule has 2 aromatic rings. The van der Waals surface area contributed by atoms with Gasteiger partial charge >= 0.3 is 5.97 Å². The zero-order valence-electron chi connectivity index (χ0n) is 15.7. The molecular formula is C21H23NO5S. The van der Waals surface area contributed by atoms with Gasteiger partial charge in [-0.3, -0.25) is 19.2 Å². The topological polar surface area (TPSA) is 89.5 Å². The van der Waals surface area contributed by atoms with Crippen molar-refractivity contribution in [2.75, 3.05) is 13.2 Å². The second kappa shape index (κ2) is 11.1. The van der Waals surface area contributed by atoms with Gasteiger partial charge in [-0.05, 0) is 29.9 Å². The van der Waals surface area contributed by atoms with E-state index in [2.05, 4.69) is 5.32 Å². The smallest absolute Gasteiger partial charge is 0.306 e. The quantitative estimate of drug-likeness (QED) is 0.355. The van der Waals surface area contributed by atoms with Gasteiger partial charge in [0.1, 0.15) is 0 Å². The average molecular weight is 401 g/mol. The van der Waals surface area contributed by atoms with Gasteiger partial charge in [-0.15, -0.1) is 11.3 Å². The summed E-state index contributed by atoms with van der Waals surface area (Å²) in [6.45, 7) is 1.75. The number of ether oxygens (including phenoxy) is 1. The van der Waals surface area contributed by atoms with Gasteiger partial charge in [0.15, 0.2) is 18.2 Å². The summed E-state index contributed by atoms with van der Waals surface area (Å²) >= 11 is 1.33. The lowest BCUT2D eigenvalue weighted by Gasteiger charge is -2.06. The number of benzene rings is 1. The summed E-state index contributed by atoms with van der Waals surface area (Å²) < 4.78 is 4.98. The zero-order chi connectivity index (χ0) is 20.4. The Morgan fingerprint density at radius 3 is 2.39 bits per heavy atom. The van der Waals surface area contributed by atoms with Crippen LogP contribution in [0.25, 0.3) is 0 Å². The van der Waals surface area contributed by atoms with E-state index < -0.39 is 5.97 Å². The fourth-order valence-electron chi connectivity index (χ4n) is 2.49.